The lowest BCUT2D eigenvalue weighted by molar-refractivity contribution is -0.135. The molecule has 0 unspecified atom stereocenters. The van der Waals surface area contributed by atoms with Gasteiger partial charge in [-0.15, -0.1) is 0 Å². The number of benzene rings is 2. The van der Waals surface area contributed by atoms with Gasteiger partial charge in [0.2, 0.25) is 11.8 Å². The molecule has 1 saturated heterocycles. The molecule has 3 aromatic rings. The molecule has 1 aliphatic heterocycles. The van der Waals surface area contributed by atoms with Crippen LogP contribution in [0.15, 0.2) is 53.1 Å². The summed E-state index contributed by atoms with van der Waals surface area (Å²) in [5.41, 5.74) is 2.45. The number of hydrogen-bond donors (Lipinski definition) is 2. The highest BCUT2D eigenvalue weighted by Crippen LogP contribution is 2.21. The summed E-state index contributed by atoms with van der Waals surface area (Å²) in [6.45, 7) is 0.899. The number of nitrogens with one attached hydrogen (secondary N) is 2. The van der Waals surface area contributed by atoms with Gasteiger partial charge in [-0.3, -0.25) is 9.59 Å². The van der Waals surface area contributed by atoms with Crippen LogP contribution in [0, 0.1) is 11.6 Å². The Labute approximate surface area is 192 Å². The molecule has 5 nitrogen and oxygen atoms in total. The molecule has 0 saturated carbocycles. The molecule has 166 valence electrons. The summed E-state index contributed by atoms with van der Waals surface area (Å²) in [7, 11) is 0. The van der Waals surface area contributed by atoms with Gasteiger partial charge in [0, 0.05) is 36.3 Å². The maximum Gasteiger partial charge on any atom is 0.247 e. The molecule has 2 N–H and O–H groups in total. The minimum atomic E-state index is -0.521. The molecule has 4 rings (SSSR count). The number of aromatic amines is 1. The summed E-state index contributed by atoms with van der Waals surface area (Å²) in [6, 6.07) is 8.53. The number of carbonyl (C=O) groups excluding carboxylic acids is 2. The van der Waals surface area contributed by atoms with Crippen LogP contribution in [0.4, 0.5) is 8.78 Å². The fraction of sp³-hybridized carbons (Fsp3) is 0.250. The SMILES string of the molecule is O=C(NCCc1c[nH]c2ccc(F)cc12)[C@H]1CCCN1C(=O)C=Cc1ccc(F)c(Br)c1. The molecule has 32 heavy (non-hydrogen) atoms. The Balaban J connectivity index is 1.34. The van der Waals surface area contributed by atoms with Gasteiger partial charge in [-0.05, 0) is 82.7 Å². The van der Waals surface area contributed by atoms with Gasteiger partial charge in [-0.1, -0.05) is 6.07 Å². The standard InChI is InChI=1S/C24H22BrF2N3O2/c25-19-12-15(3-6-20(19)27)4-8-23(31)30-11-1-2-22(30)24(32)28-10-9-16-14-29-21-7-5-17(26)13-18(16)21/h3-8,12-14,22,29H,1-2,9-11H2,(H,28,32)/t22-/m1/s1. The van der Waals surface area contributed by atoms with Crippen molar-refractivity contribution >= 4 is 44.7 Å². The quantitative estimate of drug-likeness (QED) is 0.485. The normalized spacial score (nSPS) is 16.2. The third-order valence-electron chi connectivity index (χ3n) is 5.62. The van der Waals surface area contributed by atoms with E-state index in [-0.39, 0.29) is 23.4 Å². The predicted octanol–water partition coefficient (Wildman–Crippen LogP) is 4.57. The first-order valence-electron chi connectivity index (χ1n) is 10.4. The molecular weight excluding hydrogens is 480 g/mol. The number of fused-ring (bicyclic) bond motifs is 1. The molecule has 1 fully saturated rings. The molecule has 8 heteroatoms. The zero-order valence-electron chi connectivity index (χ0n) is 17.2. The van der Waals surface area contributed by atoms with Crippen LogP contribution in [0.1, 0.15) is 24.0 Å². The highest BCUT2D eigenvalue weighted by molar-refractivity contribution is 9.10. The molecule has 2 amide bonds. The maximum atomic E-state index is 13.5. The lowest BCUT2D eigenvalue weighted by atomic mass is 10.1. The van der Waals surface area contributed by atoms with Gasteiger partial charge in [0.05, 0.1) is 4.47 Å². The Bertz CT molecular complexity index is 1190. The van der Waals surface area contributed by atoms with Crippen LogP contribution in [-0.4, -0.2) is 40.8 Å². The van der Waals surface area contributed by atoms with Gasteiger partial charge in [0.15, 0.2) is 0 Å². The smallest absolute Gasteiger partial charge is 0.247 e. The van der Waals surface area contributed by atoms with E-state index in [1.54, 1.807) is 29.2 Å². The van der Waals surface area contributed by atoms with Crippen LogP contribution in [0.2, 0.25) is 0 Å². The Kier molecular flexibility index (Phi) is 6.69. The van der Waals surface area contributed by atoms with Crippen LogP contribution in [-0.2, 0) is 16.0 Å². The second-order valence-corrected chi connectivity index (χ2v) is 8.60. The second kappa shape index (κ2) is 9.65. The van der Waals surface area contributed by atoms with Gasteiger partial charge in [0.1, 0.15) is 17.7 Å². The number of likely N-dealkylation sites (tertiary alicyclic amines) is 1. The van der Waals surface area contributed by atoms with Crippen molar-refractivity contribution < 1.29 is 18.4 Å². The number of carbonyl (C=O) groups is 2. The fourth-order valence-electron chi connectivity index (χ4n) is 3.98. The van der Waals surface area contributed by atoms with Gasteiger partial charge in [-0.2, -0.15) is 0 Å². The number of amides is 2. The van der Waals surface area contributed by atoms with Crippen molar-refractivity contribution in [3.63, 3.8) is 0 Å². The highest BCUT2D eigenvalue weighted by atomic mass is 79.9. The lowest BCUT2D eigenvalue weighted by Gasteiger charge is -2.22. The summed E-state index contributed by atoms with van der Waals surface area (Å²) in [5, 5.41) is 3.70. The average molecular weight is 502 g/mol. The molecule has 0 spiro atoms. The zero-order chi connectivity index (χ0) is 22.7. The number of hydrogen-bond acceptors (Lipinski definition) is 2. The van der Waals surface area contributed by atoms with E-state index in [1.165, 1.54) is 24.3 Å². The lowest BCUT2D eigenvalue weighted by Crippen LogP contribution is -2.45. The fourth-order valence-corrected chi connectivity index (χ4v) is 4.37. The first-order valence-corrected chi connectivity index (χ1v) is 11.2. The summed E-state index contributed by atoms with van der Waals surface area (Å²) in [6.07, 6.45) is 6.74. The Morgan fingerprint density at radius 3 is 2.88 bits per heavy atom. The first kappa shape index (κ1) is 22.2. The van der Waals surface area contributed by atoms with Crippen molar-refractivity contribution in [3.05, 3.63) is 75.9 Å². The topological polar surface area (TPSA) is 65.2 Å². The third-order valence-corrected chi connectivity index (χ3v) is 6.23. The van der Waals surface area contributed by atoms with Gasteiger partial charge >= 0.3 is 0 Å². The van der Waals surface area contributed by atoms with Crippen molar-refractivity contribution in [2.24, 2.45) is 0 Å². The molecule has 1 atom stereocenters. The van der Waals surface area contributed by atoms with Crippen LogP contribution < -0.4 is 5.32 Å². The van der Waals surface area contributed by atoms with E-state index in [1.807, 2.05) is 6.20 Å². The van der Waals surface area contributed by atoms with Crippen LogP contribution in [0.5, 0.6) is 0 Å². The monoisotopic (exact) mass is 501 g/mol. The summed E-state index contributed by atoms with van der Waals surface area (Å²) in [5.74, 6) is -1.12. The molecular formula is C24H22BrF2N3O2. The second-order valence-electron chi connectivity index (χ2n) is 7.74. The van der Waals surface area contributed by atoms with E-state index in [4.69, 9.17) is 0 Å². The number of rotatable bonds is 6. The van der Waals surface area contributed by atoms with E-state index < -0.39 is 6.04 Å². The molecule has 2 aromatic carbocycles. The van der Waals surface area contributed by atoms with Crippen molar-refractivity contribution in [1.82, 2.24) is 15.2 Å². The van der Waals surface area contributed by atoms with Crippen LogP contribution >= 0.6 is 15.9 Å². The highest BCUT2D eigenvalue weighted by Gasteiger charge is 2.32. The maximum absolute atomic E-state index is 13.5. The van der Waals surface area contributed by atoms with E-state index in [0.29, 0.717) is 36.0 Å². The van der Waals surface area contributed by atoms with Crippen LogP contribution in [0.25, 0.3) is 17.0 Å². The third kappa shape index (κ3) is 4.91. The van der Waals surface area contributed by atoms with Crippen molar-refractivity contribution in [1.29, 1.82) is 0 Å². The van der Waals surface area contributed by atoms with E-state index in [0.717, 1.165) is 22.9 Å². The number of nitrogens with zero attached hydrogens (tertiary/aromatic N) is 1. The minimum absolute atomic E-state index is 0.195. The number of halogens is 3. The summed E-state index contributed by atoms with van der Waals surface area (Å²) >= 11 is 3.13. The van der Waals surface area contributed by atoms with E-state index >= 15 is 0 Å². The Morgan fingerprint density at radius 2 is 2.06 bits per heavy atom. The molecule has 2 heterocycles. The molecule has 0 bridgehead atoms. The van der Waals surface area contributed by atoms with Gasteiger partial charge < -0.3 is 15.2 Å². The predicted molar refractivity (Wildman–Crippen MR) is 123 cm³/mol. The van der Waals surface area contributed by atoms with Gasteiger partial charge in [0.25, 0.3) is 0 Å². The van der Waals surface area contributed by atoms with Crippen molar-refractivity contribution in [3.8, 4) is 0 Å². The Morgan fingerprint density at radius 1 is 1.22 bits per heavy atom. The summed E-state index contributed by atoms with van der Waals surface area (Å²) in [4.78, 5) is 30.0. The first-order chi connectivity index (χ1) is 15.4. The molecule has 0 aliphatic carbocycles. The van der Waals surface area contributed by atoms with Crippen molar-refractivity contribution in [2.75, 3.05) is 13.1 Å². The van der Waals surface area contributed by atoms with Crippen LogP contribution in [0.3, 0.4) is 0 Å². The van der Waals surface area contributed by atoms with E-state index in [2.05, 4.69) is 26.2 Å². The summed E-state index contributed by atoms with van der Waals surface area (Å²) < 4.78 is 27.2. The number of H-pyrrole nitrogens is 1. The average Bonchev–Trinajstić information content (AvgIpc) is 3.42. The van der Waals surface area contributed by atoms with Crippen molar-refractivity contribution in [2.45, 2.75) is 25.3 Å². The Hall–Kier alpha value is -3.00. The zero-order valence-corrected chi connectivity index (χ0v) is 18.8. The number of aromatic nitrogens is 1. The minimum Gasteiger partial charge on any atom is -0.361 e. The largest absolute Gasteiger partial charge is 0.361 e. The van der Waals surface area contributed by atoms with Gasteiger partial charge in [-0.25, -0.2) is 8.78 Å². The van der Waals surface area contributed by atoms with E-state index in [9.17, 15) is 18.4 Å². The molecule has 1 aliphatic rings. The molecule has 0 radical (unpaired) electrons. The molecule has 1 aromatic heterocycles.